The number of rotatable bonds is 3. The van der Waals surface area contributed by atoms with Gasteiger partial charge < -0.3 is 5.11 Å². The highest BCUT2D eigenvalue weighted by Crippen LogP contribution is 2.30. The smallest absolute Gasteiger partial charge is 0.333 e. The van der Waals surface area contributed by atoms with Crippen LogP contribution in [0.1, 0.15) is 43.7 Å². The maximum absolute atomic E-state index is 12.2. The van der Waals surface area contributed by atoms with Gasteiger partial charge in [-0.2, -0.15) is 5.10 Å². The second-order valence-electron chi connectivity index (χ2n) is 6.13. The van der Waals surface area contributed by atoms with Gasteiger partial charge in [-0.05, 0) is 12.8 Å². The number of aromatic nitrogens is 4. The van der Waals surface area contributed by atoms with Gasteiger partial charge in [-0.15, -0.1) is 0 Å². The van der Waals surface area contributed by atoms with Crippen LogP contribution in [-0.4, -0.2) is 30.2 Å². The number of aromatic hydroxyl groups is 1. The van der Waals surface area contributed by atoms with E-state index in [1.54, 1.807) is 12.3 Å². The molecule has 0 aromatic carbocycles. The van der Waals surface area contributed by atoms with Gasteiger partial charge in [0.15, 0.2) is 5.82 Å². The highest BCUT2D eigenvalue weighted by atomic mass is 16.3. The van der Waals surface area contributed by atoms with E-state index in [1.807, 2.05) is 4.68 Å². The zero-order valence-corrected chi connectivity index (χ0v) is 13.8. The lowest BCUT2D eigenvalue weighted by atomic mass is 9.96. The van der Waals surface area contributed by atoms with Crippen LogP contribution in [0.4, 0.5) is 5.82 Å². The number of hydrogen-bond acceptors (Lipinski definition) is 5. The van der Waals surface area contributed by atoms with Crippen LogP contribution in [0.2, 0.25) is 0 Å². The summed E-state index contributed by atoms with van der Waals surface area (Å²) in [6.07, 6.45) is 8.71. The normalized spacial score (nSPS) is 16.1. The van der Waals surface area contributed by atoms with Crippen LogP contribution < -0.4 is 11.2 Å². The van der Waals surface area contributed by atoms with Gasteiger partial charge in [-0.25, -0.2) is 14.5 Å². The van der Waals surface area contributed by atoms with Crippen LogP contribution in [0, 0.1) is 0 Å². The van der Waals surface area contributed by atoms with Gasteiger partial charge in [-0.1, -0.05) is 19.3 Å². The van der Waals surface area contributed by atoms with E-state index in [4.69, 9.17) is 0 Å². The molecule has 3 rings (SSSR count). The Hall–Kier alpha value is -2.64. The molecule has 2 heterocycles. The Morgan fingerprint density at radius 3 is 2.62 bits per heavy atom. The maximum Gasteiger partial charge on any atom is 0.333 e. The van der Waals surface area contributed by atoms with Gasteiger partial charge in [0.25, 0.3) is 5.56 Å². The van der Waals surface area contributed by atoms with Gasteiger partial charge >= 0.3 is 5.69 Å². The second-order valence-corrected chi connectivity index (χ2v) is 6.13. The molecule has 1 aliphatic rings. The van der Waals surface area contributed by atoms with Crippen molar-refractivity contribution < 1.29 is 5.11 Å². The predicted molar refractivity (Wildman–Crippen MR) is 90.2 cm³/mol. The van der Waals surface area contributed by atoms with E-state index < -0.39 is 17.1 Å². The topological polar surface area (TPSA) is 94.4 Å². The summed E-state index contributed by atoms with van der Waals surface area (Å²) in [6.45, 7) is 0. The fourth-order valence-electron chi connectivity index (χ4n) is 3.12. The fourth-order valence-corrected chi connectivity index (χ4v) is 3.12. The molecule has 0 bridgehead atoms. The summed E-state index contributed by atoms with van der Waals surface area (Å²) in [5.41, 5.74) is -1.18. The average Bonchev–Trinajstić information content (AvgIpc) is 3.07. The first-order valence-electron chi connectivity index (χ1n) is 8.07. The minimum atomic E-state index is -0.582. The minimum Gasteiger partial charge on any atom is -0.494 e. The van der Waals surface area contributed by atoms with E-state index in [9.17, 15) is 14.7 Å². The van der Waals surface area contributed by atoms with Crippen molar-refractivity contribution in [1.82, 2.24) is 18.9 Å². The van der Waals surface area contributed by atoms with E-state index in [0.29, 0.717) is 11.9 Å². The van der Waals surface area contributed by atoms with E-state index in [2.05, 4.69) is 10.1 Å². The summed E-state index contributed by atoms with van der Waals surface area (Å²) < 4.78 is 3.83. The molecule has 0 atom stereocenters. The van der Waals surface area contributed by atoms with Gasteiger partial charge in [0, 0.05) is 26.4 Å². The van der Waals surface area contributed by atoms with Crippen molar-refractivity contribution in [1.29, 1.82) is 0 Å². The molecule has 0 radical (unpaired) electrons. The van der Waals surface area contributed by atoms with E-state index in [0.717, 1.165) is 22.0 Å². The first-order chi connectivity index (χ1) is 11.5. The number of nitrogens with zero attached hydrogens (tertiary/aromatic N) is 5. The molecule has 0 amide bonds. The summed E-state index contributed by atoms with van der Waals surface area (Å²) in [5, 5.41) is 14.4. The van der Waals surface area contributed by atoms with E-state index in [1.165, 1.54) is 39.6 Å². The van der Waals surface area contributed by atoms with E-state index in [-0.39, 0.29) is 5.56 Å². The quantitative estimate of drug-likeness (QED) is 0.856. The van der Waals surface area contributed by atoms with Gasteiger partial charge in [0.2, 0.25) is 5.88 Å². The van der Waals surface area contributed by atoms with Crippen molar-refractivity contribution in [2.24, 2.45) is 19.1 Å². The standard InChI is InChI=1S/C16H21N5O3/c1-19-14(22)12(15(23)20(2)16(19)24)10-17-13-8-9-18-21(13)11-6-4-3-5-7-11/h8-11,22H,3-7H2,1-2H3. The Bertz CT molecular complexity index is 884. The third-order valence-corrected chi connectivity index (χ3v) is 4.56. The SMILES string of the molecule is Cn1c(O)c(C=Nc2ccnn2C2CCCCC2)c(=O)n(C)c1=O. The molecule has 1 N–H and O–H groups in total. The Morgan fingerprint density at radius 2 is 1.92 bits per heavy atom. The molecule has 2 aromatic heterocycles. The van der Waals surface area contributed by atoms with Crippen molar-refractivity contribution in [2.45, 2.75) is 38.1 Å². The lowest BCUT2D eigenvalue weighted by Crippen LogP contribution is -2.38. The molecule has 8 heteroatoms. The van der Waals surface area contributed by atoms with Crippen LogP contribution in [0.15, 0.2) is 26.8 Å². The van der Waals surface area contributed by atoms with Crippen LogP contribution in [-0.2, 0) is 14.1 Å². The lowest BCUT2D eigenvalue weighted by Gasteiger charge is -2.22. The largest absolute Gasteiger partial charge is 0.494 e. The summed E-state index contributed by atoms with van der Waals surface area (Å²) in [7, 11) is 2.77. The van der Waals surface area contributed by atoms with Gasteiger partial charge in [0.1, 0.15) is 5.56 Å². The first-order valence-corrected chi connectivity index (χ1v) is 8.07. The summed E-state index contributed by atoms with van der Waals surface area (Å²) in [4.78, 5) is 28.3. The van der Waals surface area contributed by atoms with Crippen molar-refractivity contribution in [3.63, 3.8) is 0 Å². The third kappa shape index (κ3) is 2.79. The molecule has 0 aliphatic heterocycles. The lowest BCUT2D eigenvalue weighted by molar-refractivity contribution is 0.332. The Balaban J connectivity index is 1.97. The van der Waals surface area contributed by atoms with Crippen molar-refractivity contribution in [3.05, 3.63) is 38.7 Å². The second kappa shape index (κ2) is 6.46. The highest BCUT2D eigenvalue weighted by molar-refractivity contribution is 5.83. The summed E-state index contributed by atoms with van der Waals surface area (Å²) >= 11 is 0. The molecule has 1 saturated carbocycles. The molecule has 128 valence electrons. The first kappa shape index (κ1) is 16.2. The number of aliphatic imine (C=N–C) groups is 1. The van der Waals surface area contributed by atoms with E-state index >= 15 is 0 Å². The molecule has 1 aliphatic carbocycles. The molecular formula is C16H21N5O3. The molecule has 8 nitrogen and oxygen atoms in total. The number of hydrogen-bond donors (Lipinski definition) is 1. The van der Waals surface area contributed by atoms with Gasteiger partial charge in [-0.3, -0.25) is 13.9 Å². The van der Waals surface area contributed by atoms with Crippen LogP contribution in [0.3, 0.4) is 0 Å². The van der Waals surface area contributed by atoms with Crippen LogP contribution in [0.25, 0.3) is 0 Å². The third-order valence-electron chi connectivity index (χ3n) is 4.56. The minimum absolute atomic E-state index is 0.0176. The summed E-state index contributed by atoms with van der Waals surface area (Å²) in [5.74, 6) is 0.243. The Morgan fingerprint density at radius 1 is 1.21 bits per heavy atom. The van der Waals surface area contributed by atoms with Crippen LogP contribution >= 0.6 is 0 Å². The molecule has 24 heavy (non-hydrogen) atoms. The molecule has 0 spiro atoms. The molecule has 0 saturated heterocycles. The van der Waals surface area contributed by atoms with Gasteiger partial charge in [0.05, 0.1) is 12.2 Å². The maximum atomic E-state index is 12.2. The zero-order valence-electron chi connectivity index (χ0n) is 13.8. The monoisotopic (exact) mass is 331 g/mol. The molecule has 0 unspecified atom stereocenters. The van der Waals surface area contributed by atoms with Crippen molar-refractivity contribution in [2.75, 3.05) is 0 Å². The van der Waals surface area contributed by atoms with Crippen LogP contribution in [0.5, 0.6) is 5.88 Å². The fraction of sp³-hybridized carbons (Fsp3) is 0.500. The Kier molecular flexibility index (Phi) is 4.37. The molecule has 2 aromatic rings. The highest BCUT2D eigenvalue weighted by Gasteiger charge is 2.18. The zero-order chi connectivity index (χ0) is 17.3. The van der Waals surface area contributed by atoms with Crippen molar-refractivity contribution in [3.8, 4) is 5.88 Å². The molecular weight excluding hydrogens is 310 g/mol. The Labute approximate surface area is 138 Å². The van der Waals surface area contributed by atoms with Crippen molar-refractivity contribution >= 4 is 12.0 Å². The average molecular weight is 331 g/mol. The summed E-state index contributed by atoms with van der Waals surface area (Å²) in [6, 6.07) is 2.09. The molecule has 1 fully saturated rings. The predicted octanol–water partition coefficient (Wildman–Crippen LogP) is 1.24.